The topological polar surface area (TPSA) is 102 Å². The van der Waals surface area contributed by atoms with Crippen LogP contribution >= 0.6 is 0 Å². The predicted molar refractivity (Wildman–Crippen MR) is 156 cm³/mol. The van der Waals surface area contributed by atoms with Crippen molar-refractivity contribution in [3.05, 3.63) is 84.2 Å². The molecule has 0 spiro atoms. The van der Waals surface area contributed by atoms with Crippen molar-refractivity contribution >= 4 is 34.2 Å². The summed E-state index contributed by atoms with van der Waals surface area (Å²) in [5, 5.41) is 11.3. The molecule has 2 unspecified atom stereocenters. The summed E-state index contributed by atoms with van der Waals surface area (Å²) in [5.74, 6) is -1.34. The number of nitrogens with one attached hydrogen (secondary N) is 1. The van der Waals surface area contributed by atoms with E-state index in [1.54, 1.807) is 6.07 Å². The van der Waals surface area contributed by atoms with Gasteiger partial charge in [-0.3, -0.25) is 14.5 Å². The first-order valence-corrected chi connectivity index (χ1v) is 14.2. The van der Waals surface area contributed by atoms with Crippen LogP contribution in [0.1, 0.15) is 24.4 Å². The van der Waals surface area contributed by atoms with Gasteiger partial charge < -0.3 is 19.7 Å². The number of halogens is 1. The Morgan fingerprint density at radius 2 is 1.83 bits per heavy atom. The zero-order valence-electron chi connectivity index (χ0n) is 23.2. The maximum absolute atomic E-state index is 14.6. The van der Waals surface area contributed by atoms with Crippen LogP contribution in [0.4, 0.5) is 15.8 Å². The van der Waals surface area contributed by atoms with Gasteiger partial charge in [0.05, 0.1) is 24.8 Å². The van der Waals surface area contributed by atoms with Crippen molar-refractivity contribution in [2.24, 2.45) is 0 Å². The third-order valence-corrected chi connectivity index (χ3v) is 7.68. The molecule has 0 radical (unpaired) electrons. The van der Waals surface area contributed by atoms with E-state index >= 15 is 0 Å². The summed E-state index contributed by atoms with van der Waals surface area (Å²) >= 11 is 0. The van der Waals surface area contributed by atoms with Crippen molar-refractivity contribution in [3.8, 4) is 0 Å². The number of rotatable bonds is 9. The molecule has 42 heavy (non-hydrogen) atoms. The number of anilines is 2. The second-order valence-electron chi connectivity index (χ2n) is 10.5. The molecule has 10 nitrogen and oxygen atoms in total. The van der Waals surface area contributed by atoms with Gasteiger partial charge in [-0.05, 0) is 60.9 Å². The number of fused-ring (bicyclic) bond motifs is 1. The number of hydrogen-bond acceptors (Lipinski definition) is 7. The standard InChI is InChI=1S/C31H33FN6O4/c32-23-5-3-6-25(19-23)38(29(39)21-37-28-9-2-1-8-27(28)34-35-37)30(31(40)33-20-26-7-4-16-42-26)22-10-12-24(13-11-22)36-14-17-41-18-15-36/h1-3,5-6,8-13,19,26,30H,4,7,14-18,20-21H2,(H,33,40). The van der Waals surface area contributed by atoms with Gasteiger partial charge in [-0.2, -0.15) is 0 Å². The number of morpholine rings is 1. The first kappa shape index (κ1) is 27.8. The SMILES string of the molecule is O=C(NCC1CCCO1)C(c1ccc(N2CCOCC2)cc1)N(C(=O)Cn1nnc2ccccc21)c1cccc(F)c1. The van der Waals surface area contributed by atoms with Crippen LogP contribution in [0, 0.1) is 5.82 Å². The molecule has 3 aromatic carbocycles. The average Bonchev–Trinajstić information content (AvgIpc) is 3.69. The maximum atomic E-state index is 14.6. The number of amides is 2. The molecule has 2 aliphatic heterocycles. The first-order chi connectivity index (χ1) is 20.6. The Bertz CT molecular complexity index is 1530. The molecule has 11 heteroatoms. The molecular weight excluding hydrogens is 539 g/mol. The summed E-state index contributed by atoms with van der Waals surface area (Å²) in [6.07, 6.45) is 1.70. The van der Waals surface area contributed by atoms with E-state index in [4.69, 9.17) is 9.47 Å². The van der Waals surface area contributed by atoms with E-state index < -0.39 is 17.8 Å². The Morgan fingerprint density at radius 3 is 2.60 bits per heavy atom. The summed E-state index contributed by atoms with van der Waals surface area (Å²) in [7, 11) is 0. The average molecular weight is 573 g/mol. The van der Waals surface area contributed by atoms with Gasteiger partial charge in [0.15, 0.2) is 0 Å². The molecule has 1 aromatic heterocycles. The Hall–Kier alpha value is -4.35. The van der Waals surface area contributed by atoms with Crippen LogP contribution in [0.5, 0.6) is 0 Å². The van der Waals surface area contributed by atoms with Crippen LogP contribution in [0.2, 0.25) is 0 Å². The number of benzene rings is 3. The van der Waals surface area contributed by atoms with E-state index in [1.165, 1.54) is 27.8 Å². The summed E-state index contributed by atoms with van der Waals surface area (Å²) in [4.78, 5) is 31.7. The summed E-state index contributed by atoms with van der Waals surface area (Å²) < 4.78 is 27.2. The highest BCUT2D eigenvalue weighted by molar-refractivity contribution is 6.01. The second-order valence-corrected chi connectivity index (χ2v) is 10.5. The lowest BCUT2D eigenvalue weighted by molar-refractivity contribution is -0.127. The number of carbonyl (C=O) groups is 2. The largest absolute Gasteiger partial charge is 0.378 e. The molecule has 2 aliphatic rings. The summed E-state index contributed by atoms with van der Waals surface area (Å²) in [6, 6.07) is 19.6. The molecule has 2 saturated heterocycles. The van der Waals surface area contributed by atoms with Crippen molar-refractivity contribution in [2.45, 2.75) is 31.5 Å². The van der Waals surface area contributed by atoms with Gasteiger partial charge >= 0.3 is 0 Å². The quantitative estimate of drug-likeness (QED) is 0.328. The third kappa shape index (κ3) is 6.12. The van der Waals surface area contributed by atoms with Crippen LogP contribution in [0.25, 0.3) is 11.0 Å². The van der Waals surface area contributed by atoms with Crippen LogP contribution < -0.4 is 15.1 Å². The molecule has 218 valence electrons. The first-order valence-electron chi connectivity index (χ1n) is 14.2. The number of hydrogen-bond donors (Lipinski definition) is 1. The number of nitrogens with zero attached hydrogens (tertiary/aromatic N) is 5. The molecule has 4 aromatic rings. The van der Waals surface area contributed by atoms with Gasteiger partial charge in [0.1, 0.15) is 23.9 Å². The van der Waals surface area contributed by atoms with E-state index in [0.717, 1.165) is 31.6 Å². The maximum Gasteiger partial charge on any atom is 0.249 e. The minimum Gasteiger partial charge on any atom is -0.378 e. The number of carbonyl (C=O) groups excluding carboxylic acids is 2. The van der Waals surface area contributed by atoms with Crippen molar-refractivity contribution < 1.29 is 23.5 Å². The lowest BCUT2D eigenvalue weighted by Crippen LogP contribution is -2.46. The van der Waals surface area contributed by atoms with Crippen LogP contribution in [-0.2, 0) is 25.6 Å². The van der Waals surface area contributed by atoms with E-state index in [2.05, 4.69) is 20.5 Å². The molecule has 0 bridgehead atoms. The Balaban J connectivity index is 1.37. The minimum absolute atomic E-state index is 0.0851. The molecule has 0 saturated carbocycles. The Labute approximate surface area is 243 Å². The highest BCUT2D eigenvalue weighted by atomic mass is 19.1. The molecule has 3 heterocycles. The zero-order valence-corrected chi connectivity index (χ0v) is 23.2. The molecular formula is C31H33FN6O4. The lowest BCUT2D eigenvalue weighted by atomic mass is 10.0. The summed E-state index contributed by atoms with van der Waals surface area (Å²) in [5.41, 5.74) is 3.18. The van der Waals surface area contributed by atoms with Crippen molar-refractivity contribution in [2.75, 3.05) is 49.3 Å². The second kappa shape index (κ2) is 12.7. The van der Waals surface area contributed by atoms with E-state index in [1.807, 2.05) is 48.5 Å². The highest BCUT2D eigenvalue weighted by Crippen LogP contribution is 2.31. The summed E-state index contributed by atoms with van der Waals surface area (Å²) in [6.45, 7) is 3.61. The Kier molecular flexibility index (Phi) is 8.38. The fourth-order valence-corrected chi connectivity index (χ4v) is 5.52. The fourth-order valence-electron chi connectivity index (χ4n) is 5.52. The minimum atomic E-state index is -1.07. The monoisotopic (exact) mass is 572 g/mol. The Morgan fingerprint density at radius 1 is 1.02 bits per heavy atom. The molecule has 0 aliphatic carbocycles. The van der Waals surface area contributed by atoms with Crippen molar-refractivity contribution in [1.82, 2.24) is 20.3 Å². The van der Waals surface area contributed by atoms with Gasteiger partial charge in [-0.1, -0.05) is 35.5 Å². The lowest BCUT2D eigenvalue weighted by Gasteiger charge is -2.33. The molecule has 6 rings (SSSR count). The molecule has 1 N–H and O–H groups in total. The molecule has 2 fully saturated rings. The zero-order chi connectivity index (χ0) is 28.9. The van der Waals surface area contributed by atoms with E-state index in [9.17, 15) is 14.0 Å². The highest BCUT2D eigenvalue weighted by Gasteiger charge is 2.34. The van der Waals surface area contributed by atoms with Crippen molar-refractivity contribution in [3.63, 3.8) is 0 Å². The molecule has 2 atom stereocenters. The number of para-hydroxylation sites is 1. The van der Waals surface area contributed by atoms with Gasteiger partial charge in [0.2, 0.25) is 11.8 Å². The smallest absolute Gasteiger partial charge is 0.249 e. The van der Waals surface area contributed by atoms with E-state index in [-0.39, 0.29) is 24.2 Å². The van der Waals surface area contributed by atoms with Gasteiger partial charge in [-0.15, -0.1) is 5.10 Å². The van der Waals surface area contributed by atoms with Crippen LogP contribution in [-0.4, -0.2) is 72.4 Å². The van der Waals surface area contributed by atoms with Gasteiger partial charge in [0.25, 0.3) is 0 Å². The van der Waals surface area contributed by atoms with Crippen LogP contribution in [0.15, 0.2) is 72.8 Å². The van der Waals surface area contributed by atoms with Crippen LogP contribution in [0.3, 0.4) is 0 Å². The normalized spacial score (nSPS) is 17.7. The fraction of sp³-hybridized carbons (Fsp3) is 0.355. The number of ether oxygens (including phenoxy) is 2. The molecule has 2 amide bonds. The van der Waals surface area contributed by atoms with Crippen molar-refractivity contribution in [1.29, 1.82) is 0 Å². The van der Waals surface area contributed by atoms with Gasteiger partial charge in [-0.25, -0.2) is 9.07 Å². The number of aromatic nitrogens is 3. The van der Waals surface area contributed by atoms with E-state index in [0.29, 0.717) is 43.0 Å². The van der Waals surface area contributed by atoms with Gasteiger partial charge in [0, 0.05) is 37.6 Å². The third-order valence-electron chi connectivity index (χ3n) is 7.68. The predicted octanol–water partition coefficient (Wildman–Crippen LogP) is 3.48.